The second-order valence-electron chi connectivity index (χ2n) is 2.76. The van der Waals surface area contributed by atoms with Crippen molar-refractivity contribution in [2.45, 2.75) is 19.9 Å². The highest BCUT2D eigenvalue weighted by atomic mass is 16.4. The first-order valence-corrected chi connectivity index (χ1v) is 3.66. The van der Waals surface area contributed by atoms with E-state index in [0.29, 0.717) is 6.54 Å². The van der Waals surface area contributed by atoms with Crippen molar-refractivity contribution in [2.24, 2.45) is 5.92 Å². The summed E-state index contributed by atoms with van der Waals surface area (Å²) < 4.78 is 0. The highest BCUT2D eigenvalue weighted by Gasteiger charge is 2.19. The van der Waals surface area contributed by atoms with E-state index in [0.717, 1.165) is 0 Å². The van der Waals surface area contributed by atoms with E-state index in [4.69, 9.17) is 5.11 Å². The molecular weight excluding hydrogens is 142 g/mol. The zero-order valence-electron chi connectivity index (χ0n) is 7.00. The molecule has 64 valence electrons. The van der Waals surface area contributed by atoms with Gasteiger partial charge in [-0.15, -0.1) is 6.58 Å². The lowest BCUT2D eigenvalue weighted by molar-refractivity contribution is -0.140. The molecule has 2 N–H and O–H groups in total. The molecule has 0 rings (SSSR count). The Bertz CT molecular complexity index is 143. The summed E-state index contributed by atoms with van der Waals surface area (Å²) >= 11 is 0. The van der Waals surface area contributed by atoms with Crippen LogP contribution in [0, 0.1) is 5.92 Å². The third-order valence-corrected chi connectivity index (χ3v) is 1.41. The number of hydrogen-bond donors (Lipinski definition) is 2. The van der Waals surface area contributed by atoms with Crippen LogP contribution in [0.15, 0.2) is 12.7 Å². The van der Waals surface area contributed by atoms with Gasteiger partial charge in [0.15, 0.2) is 0 Å². The topological polar surface area (TPSA) is 49.3 Å². The van der Waals surface area contributed by atoms with Crippen LogP contribution in [0.5, 0.6) is 0 Å². The third-order valence-electron chi connectivity index (χ3n) is 1.41. The SMILES string of the molecule is C=CCNC(C(=O)O)C(C)C. The summed E-state index contributed by atoms with van der Waals surface area (Å²) in [6.45, 7) is 7.77. The molecule has 0 aromatic carbocycles. The van der Waals surface area contributed by atoms with Crippen LogP contribution in [-0.4, -0.2) is 23.7 Å². The molecule has 3 heteroatoms. The van der Waals surface area contributed by atoms with Crippen LogP contribution < -0.4 is 5.32 Å². The molecule has 0 aliphatic carbocycles. The predicted octanol–water partition coefficient (Wildman–Crippen LogP) is 0.871. The molecule has 1 atom stereocenters. The zero-order chi connectivity index (χ0) is 8.85. The van der Waals surface area contributed by atoms with Gasteiger partial charge >= 0.3 is 5.97 Å². The van der Waals surface area contributed by atoms with E-state index in [1.165, 1.54) is 0 Å². The molecule has 0 aliphatic rings. The fourth-order valence-corrected chi connectivity index (χ4v) is 0.818. The van der Waals surface area contributed by atoms with Crippen molar-refractivity contribution in [3.8, 4) is 0 Å². The number of carboxylic acid groups (broad SMARTS) is 1. The molecule has 0 amide bonds. The van der Waals surface area contributed by atoms with E-state index in [2.05, 4.69) is 11.9 Å². The highest BCUT2D eigenvalue weighted by Crippen LogP contribution is 2.00. The second kappa shape index (κ2) is 4.91. The third kappa shape index (κ3) is 3.78. The lowest BCUT2D eigenvalue weighted by Gasteiger charge is -2.16. The normalized spacial score (nSPS) is 13.0. The lowest BCUT2D eigenvalue weighted by Crippen LogP contribution is -2.40. The minimum absolute atomic E-state index is 0.104. The molecule has 0 radical (unpaired) electrons. The molecule has 0 fully saturated rings. The first-order valence-electron chi connectivity index (χ1n) is 3.66. The van der Waals surface area contributed by atoms with E-state index in [9.17, 15) is 4.79 Å². The number of hydrogen-bond acceptors (Lipinski definition) is 2. The molecule has 0 spiro atoms. The van der Waals surface area contributed by atoms with Crippen LogP contribution in [0.4, 0.5) is 0 Å². The summed E-state index contributed by atoms with van der Waals surface area (Å²) in [4.78, 5) is 10.6. The van der Waals surface area contributed by atoms with Crippen LogP contribution in [0.25, 0.3) is 0 Å². The molecule has 3 nitrogen and oxygen atoms in total. The highest BCUT2D eigenvalue weighted by molar-refractivity contribution is 5.73. The number of nitrogens with one attached hydrogen (secondary N) is 1. The van der Waals surface area contributed by atoms with Gasteiger partial charge in [-0.25, -0.2) is 0 Å². The van der Waals surface area contributed by atoms with E-state index in [-0.39, 0.29) is 5.92 Å². The maximum atomic E-state index is 10.6. The Hall–Kier alpha value is -0.830. The summed E-state index contributed by atoms with van der Waals surface area (Å²) in [6.07, 6.45) is 1.65. The number of carbonyl (C=O) groups is 1. The van der Waals surface area contributed by atoms with Crippen molar-refractivity contribution in [3.05, 3.63) is 12.7 Å². The fourth-order valence-electron chi connectivity index (χ4n) is 0.818. The van der Waals surface area contributed by atoms with E-state index >= 15 is 0 Å². The first-order chi connectivity index (χ1) is 5.09. The Morgan fingerprint density at radius 1 is 1.73 bits per heavy atom. The van der Waals surface area contributed by atoms with Gasteiger partial charge in [0.1, 0.15) is 6.04 Å². The average molecular weight is 157 g/mol. The Morgan fingerprint density at radius 3 is 2.55 bits per heavy atom. The van der Waals surface area contributed by atoms with Crippen molar-refractivity contribution >= 4 is 5.97 Å². The van der Waals surface area contributed by atoms with Gasteiger partial charge in [0.2, 0.25) is 0 Å². The second-order valence-corrected chi connectivity index (χ2v) is 2.76. The summed E-state index contributed by atoms with van der Waals surface area (Å²) in [5, 5.41) is 11.5. The quantitative estimate of drug-likeness (QED) is 0.582. The van der Waals surface area contributed by atoms with Crippen molar-refractivity contribution in [3.63, 3.8) is 0 Å². The average Bonchev–Trinajstić information content (AvgIpc) is 1.87. The molecule has 0 bridgehead atoms. The van der Waals surface area contributed by atoms with E-state index in [1.54, 1.807) is 6.08 Å². The minimum Gasteiger partial charge on any atom is -0.480 e. The smallest absolute Gasteiger partial charge is 0.320 e. The van der Waals surface area contributed by atoms with Gasteiger partial charge in [0.05, 0.1) is 0 Å². The van der Waals surface area contributed by atoms with Gasteiger partial charge in [-0.3, -0.25) is 4.79 Å². The molecule has 1 unspecified atom stereocenters. The molecule has 0 saturated heterocycles. The number of rotatable bonds is 5. The first kappa shape index (κ1) is 10.2. The molecule has 0 aromatic rings. The molecule has 0 aromatic heterocycles. The van der Waals surface area contributed by atoms with Crippen molar-refractivity contribution in [2.75, 3.05) is 6.54 Å². The maximum absolute atomic E-state index is 10.6. The summed E-state index contributed by atoms with van der Waals surface area (Å²) in [6, 6.07) is -0.465. The van der Waals surface area contributed by atoms with Crippen LogP contribution >= 0.6 is 0 Å². The molecule has 0 aliphatic heterocycles. The van der Waals surface area contributed by atoms with Crippen LogP contribution in [0.3, 0.4) is 0 Å². The minimum atomic E-state index is -0.804. The Labute approximate surface area is 67.1 Å². The Balaban J connectivity index is 3.89. The standard InChI is InChI=1S/C8H15NO2/c1-4-5-9-7(6(2)3)8(10)11/h4,6-7,9H,1,5H2,2-3H3,(H,10,11). The molecular formula is C8H15NO2. The summed E-state index contributed by atoms with van der Waals surface area (Å²) in [5.74, 6) is -0.700. The van der Waals surface area contributed by atoms with Crippen LogP contribution in [-0.2, 0) is 4.79 Å². The van der Waals surface area contributed by atoms with Crippen LogP contribution in [0.1, 0.15) is 13.8 Å². The maximum Gasteiger partial charge on any atom is 0.320 e. The Kier molecular flexibility index (Phi) is 4.54. The Morgan fingerprint density at radius 2 is 2.27 bits per heavy atom. The van der Waals surface area contributed by atoms with Crippen molar-refractivity contribution in [1.82, 2.24) is 5.32 Å². The largest absolute Gasteiger partial charge is 0.480 e. The van der Waals surface area contributed by atoms with Gasteiger partial charge < -0.3 is 10.4 Å². The molecule has 0 saturated carbocycles. The van der Waals surface area contributed by atoms with Gasteiger partial charge in [-0.2, -0.15) is 0 Å². The summed E-state index contributed by atoms with van der Waals surface area (Å²) in [5.41, 5.74) is 0. The zero-order valence-corrected chi connectivity index (χ0v) is 7.00. The van der Waals surface area contributed by atoms with Gasteiger partial charge in [-0.1, -0.05) is 19.9 Å². The monoisotopic (exact) mass is 157 g/mol. The van der Waals surface area contributed by atoms with Gasteiger partial charge in [0.25, 0.3) is 0 Å². The lowest BCUT2D eigenvalue weighted by atomic mass is 10.1. The molecule has 11 heavy (non-hydrogen) atoms. The number of carboxylic acids is 1. The van der Waals surface area contributed by atoms with Crippen LogP contribution in [0.2, 0.25) is 0 Å². The predicted molar refractivity (Wildman–Crippen MR) is 44.5 cm³/mol. The molecule has 0 heterocycles. The van der Waals surface area contributed by atoms with Gasteiger partial charge in [-0.05, 0) is 5.92 Å². The summed E-state index contributed by atoms with van der Waals surface area (Å²) in [7, 11) is 0. The van der Waals surface area contributed by atoms with Gasteiger partial charge in [0, 0.05) is 6.54 Å². The van der Waals surface area contributed by atoms with Crippen molar-refractivity contribution < 1.29 is 9.90 Å². The van der Waals surface area contributed by atoms with Crippen molar-refractivity contribution in [1.29, 1.82) is 0 Å². The number of aliphatic carboxylic acids is 1. The fraction of sp³-hybridized carbons (Fsp3) is 0.625. The van der Waals surface area contributed by atoms with E-state index in [1.807, 2.05) is 13.8 Å². The van der Waals surface area contributed by atoms with E-state index < -0.39 is 12.0 Å².